The second-order valence-corrected chi connectivity index (χ2v) is 13.7. The maximum absolute atomic E-state index is 6.74. The fraction of sp³-hybridized carbons (Fsp3) is 0.900. The third-order valence-electron chi connectivity index (χ3n) is 5.79. The van der Waals surface area contributed by atoms with Crippen LogP contribution in [0.25, 0.3) is 0 Å². The van der Waals surface area contributed by atoms with Crippen molar-refractivity contribution in [1.82, 2.24) is 0 Å². The van der Waals surface area contributed by atoms with Crippen LogP contribution < -0.4 is 0 Å². The molecule has 1 aliphatic heterocycles. The first-order chi connectivity index (χ1) is 11.2. The van der Waals surface area contributed by atoms with Crippen molar-refractivity contribution in [3.8, 4) is 0 Å². The van der Waals surface area contributed by atoms with E-state index in [2.05, 4.69) is 46.9 Å². The SMILES string of the molecule is CCCCC1=C[C@H](OC2CCCCO2)CC1O[Si](C)(C)C(C)(C)C. The Bertz CT molecular complexity index is 419. The molecule has 1 aliphatic carbocycles. The molecule has 0 aromatic heterocycles. The van der Waals surface area contributed by atoms with Crippen molar-refractivity contribution < 1.29 is 13.9 Å². The molecule has 0 spiro atoms. The van der Waals surface area contributed by atoms with Crippen LogP contribution in [0, 0.1) is 0 Å². The van der Waals surface area contributed by atoms with Gasteiger partial charge in [0, 0.05) is 13.0 Å². The molecule has 0 radical (unpaired) electrons. The van der Waals surface area contributed by atoms with Crippen LogP contribution in [0.3, 0.4) is 0 Å². The predicted molar refractivity (Wildman–Crippen MR) is 103 cm³/mol. The first-order valence-electron chi connectivity index (χ1n) is 9.88. The van der Waals surface area contributed by atoms with Crippen LogP contribution in [0.2, 0.25) is 18.1 Å². The molecule has 4 heteroatoms. The van der Waals surface area contributed by atoms with Gasteiger partial charge in [0.1, 0.15) is 0 Å². The van der Waals surface area contributed by atoms with Crippen LogP contribution in [0.15, 0.2) is 11.6 Å². The minimum absolute atomic E-state index is 0.0148. The van der Waals surface area contributed by atoms with Crippen molar-refractivity contribution >= 4 is 8.32 Å². The minimum atomic E-state index is -1.76. The molecule has 1 fully saturated rings. The van der Waals surface area contributed by atoms with E-state index in [0.29, 0.717) is 0 Å². The van der Waals surface area contributed by atoms with Gasteiger partial charge in [-0.1, -0.05) is 40.2 Å². The summed E-state index contributed by atoms with van der Waals surface area (Å²) in [5, 5.41) is 0.244. The van der Waals surface area contributed by atoms with E-state index in [4.69, 9.17) is 13.9 Å². The van der Waals surface area contributed by atoms with E-state index >= 15 is 0 Å². The summed E-state index contributed by atoms with van der Waals surface area (Å²) >= 11 is 0. The molecule has 0 aromatic rings. The zero-order valence-electron chi connectivity index (χ0n) is 16.7. The topological polar surface area (TPSA) is 27.7 Å². The number of hydrogen-bond acceptors (Lipinski definition) is 3. The fourth-order valence-corrected chi connectivity index (χ4v) is 4.48. The molecule has 0 saturated carbocycles. The summed E-state index contributed by atoms with van der Waals surface area (Å²) in [4.78, 5) is 0. The van der Waals surface area contributed by atoms with E-state index in [9.17, 15) is 0 Å². The lowest BCUT2D eigenvalue weighted by Crippen LogP contribution is -2.44. The number of hydrogen-bond donors (Lipinski definition) is 0. The van der Waals surface area contributed by atoms with E-state index in [1.54, 1.807) is 0 Å². The molecule has 0 amide bonds. The molecule has 0 bridgehead atoms. The van der Waals surface area contributed by atoms with Gasteiger partial charge in [-0.25, -0.2) is 0 Å². The summed E-state index contributed by atoms with van der Waals surface area (Å²) in [5.41, 5.74) is 1.46. The number of ether oxygens (including phenoxy) is 2. The first-order valence-corrected chi connectivity index (χ1v) is 12.8. The molecule has 1 saturated heterocycles. The summed E-state index contributed by atoms with van der Waals surface area (Å²) in [6.07, 6.45) is 10.7. The Morgan fingerprint density at radius 1 is 1.25 bits per heavy atom. The minimum Gasteiger partial charge on any atom is -0.410 e. The average molecular weight is 355 g/mol. The van der Waals surface area contributed by atoms with Gasteiger partial charge in [-0.15, -0.1) is 0 Å². The lowest BCUT2D eigenvalue weighted by molar-refractivity contribution is -0.179. The number of rotatable bonds is 7. The van der Waals surface area contributed by atoms with Gasteiger partial charge < -0.3 is 13.9 Å². The Labute approximate surface area is 150 Å². The Morgan fingerprint density at radius 2 is 2.00 bits per heavy atom. The Hall–Kier alpha value is -0.163. The molecule has 24 heavy (non-hydrogen) atoms. The van der Waals surface area contributed by atoms with Crippen LogP contribution in [0.5, 0.6) is 0 Å². The van der Waals surface area contributed by atoms with Crippen molar-refractivity contribution in [1.29, 1.82) is 0 Å². The predicted octanol–water partition coefficient (Wildman–Crippen LogP) is 5.81. The summed E-state index contributed by atoms with van der Waals surface area (Å²) in [7, 11) is -1.76. The van der Waals surface area contributed by atoms with E-state index in [0.717, 1.165) is 25.9 Å². The van der Waals surface area contributed by atoms with Gasteiger partial charge in [-0.05, 0) is 55.8 Å². The van der Waals surface area contributed by atoms with Gasteiger partial charge in [0.05, 0.1) is 12.2 Å². The molecular formula is C20H38O3Si. The maximum atomic E-state index is 6.74. The fourth-order valence-electron chi connectivity index (χ4n) is 3.17. The monoisotopic (exact) mass is 354 g/mol. The molecule has 2 unspecified atom stereocenters. The lowest BCUT2D eigenvalue weighted by atomic mass is 10.1. The Balaban J connectivity index is 2.00. The molecule has 3 nitrogen and oxygen atoms in total. The van der Waals surface area contributed by atoms with Gasteiger partial charge in [-0.2, -0.15) is 0 Å². The van der Waals surface area contributed by atoms with E-state index in [1.807, 2.05) is 0 Å². The summed E-state index contributed by atoms with van der Waals surface area (Å²) < 4.78 is 18.7. The van der Waals surface area contributed by atoms with Gasteiger partial charge in [0.2, 0.25) is 0 Å². The van der Waals surface area contributed by atoms with E-state index < -0.39 is 8.32 Å². The van der Waals surface area contributed by atoms with E-state index in [1.165, 1.54) is 31.3 Å². The Kier molecular flexibility index (Phi) is 7.12. The van der Waals surface area contributed by atoms with Crippen LogP contribution in [0.4, 0.5) is 0 Å². The normalized spacial score (nSPS) is 28.9. The lowest BCUT2D eigenvalue weighted by Gasteiger charge is -2.39. The quantitative estimate of drug-likeness (QED) is 0.426. The molecular weight excluding hydrogens is 316 g/mol. The highest BCUT2D eigenvalue weighted by atomic mass is 28.4. The van der Waals surface area contributed by atoms with Crippen molar-refractivity contribution in [2.45, 2.75) is 109 Å². The largest absolute Gasteiger partial charge is 0.410 e. The average Bonchev–Trinajstić information content (AvgIpc) is 2.86. The highest BCUT2D eigenvalue weighted by Gasteiger charge is 2.41. The smallest absolute Gasteiger partial charge is 0.192 e. The van der Waals surface area contributed by atoms with E-state index in [-0.39, 0.29) is 23.5 Å². The van der Waals surface area contributed by atoms with Crippen LogP contribution in [-0.4, -0.2) is 33.4 Å². The summed E-state index contributed by atoms with van der Waals surface area (Å²) in [6.45, 7) is 14.7. The van der Waals surface area contributed by atoms with Gasteiger partial charge in [0.25, 0.3) is 0 Å². The number of unbranched alkanes of at least 4 members (excludes halogenated alkanes) is 1. The van der Waals surface area contributed by atoms with Crippen molar-refractivity contribution in [2.75, 3.05) is 6.61 Å². The zero-order chi connectivity index (χ0) is 17.8. The summed E-state index contributed by atoms with van der Waals surface area (Å²) in [6, 6.07) is 0. The van der Waals surface area contributed by atoms with Gasteiger partial charge in [-0.3, -0.25) is 0 Å². The molecule has 3 atom stereocenters. The van der Waals surface area contributed by atoms with Crippen molar-refractivity contribution in [3.05, 3.63) is 11.6 Å². The summed E-state index contributed by atoms with van der Waals surface area (Å²) in [5.74, 6) is 0. The molecule has 2 rings (SSSR count). The maximum Gasteiger partial charge on any atom is 0.192 e. The highest BCUT2D eigenvalue weighted by Crippen LogP contribution is 2.41. The molecule has 2 aliphatic rings. The Morgan fingerprint density at radius 3 is 2.58 bits per heavy atom. The molecule has 0 aromatic carbocycles. The zero-order valence-corrected chi connectivity index (χ0v) is 17.7. The molecule has 1 heterocycles. The van der Waals surface area contributed by atoms with Crippen molar-refractivity contribution in [2.24, 2.45) is 0 Å². The standard InChI is InChI=1S/C20H38O3Si/c1-7-8-11-16-14-17(22-19-12-9-10-13-21-19)15-18(16)23-24(5,6)20(2,3)4/h14,17-19H,7-13,15H2,1-6H3/t17-,18?,19?/m0/s1. The highest BCUT2D eigenvalue weighted by molar-refractivity contribution is 6.74. The van der Waals surface area contributed by atoms with Crippen molar-refractivity contribution in [3.63, 3.8) is 0 Å². The van der Waals surface area contributed by atoms with Gasteiger partial charge in [0.15, 0.2) is 14.6 Å². The molecule has 140 valence electrons. The van der Waals surface area contributed by atoms with Crippen LogP contribution >= 0.6 is 0 Å². The third kappa shape index (κ3) is 5.42. The second kappa shape index (κ2) is 8.48. The van der Waals surface area contributed by atoms with Gasteiger partial charge >= 0.3 is 0 Å². The molecule has 0 N–H and O–H groups in total. The van der Waals surface area contributed by atoms with Crippen LogP contribution in [-0.2, 0) is 13.9 Å². The third-order valence-corrected chi connectivity index (χ3v) is 10.3. The first kappa shape index (κ1) is 20.2. The second-order valence-electron chi connectivity index (χ2n) is 8.92. The van der Waals surface area contributed by atoms with Crippen LogP contribution in [0.1, 0.15) is 72.6 Å².